The van der Waals surface area contributed by atoms with Crippen molar-refractivity contribution >= 4 is 15.9 Å². The first-order valence-corrected chi connectivity index (χ1v) is 6.16. The van der Waals surface area contributed by atoms with Gasteiger partial charge in [0.25, 0.3) is 0 Å². The van der Waals surface area contributed by atoms with Crippen molar-refractivity contribution in [3.05, 3.63) is 0 Å². The van der Waals surface area contributed by atoms with Crippen molar-refractivity contribution in [3.63, 3.8) is 0 Å². The minimum Gasteiger partial charge on any atom is -0.352 e. The third-order valence-electron chi connectivity index (χ3n) is 4.28. The molecule has 0 unspecified atom stereocenters. The van der Waals surface area contributed by atoms with Gasteiger partial charge >= 0.3 is 0 Å². The van der Waals surface area contributed by atoms with Crippen LogP contribution in [0.4, 0.5) is 0 Å². The Morgan fingerprint density at radius 3 is 2.00 bits per heavy atom. The Morgan fingerprint density at radius 1 is 1.15 bits per heavy atom. The molecule has 0 atom stereocenters. The van der Waals surface area contributed by atoms with Gasteiger partial charge in [-0.2, -0.15) is 0 Å². The molecule has 3 aliphatic carbocycles. The summed E-state index contributed by atoms with van der Waals surface area (Å²) >= 11 is 3.39. The number of alkyl halides is 1. The van der Waals surface area contributed by atoms with E-state index in [9.17, 15) is 0 Å². The van der Waals surface area contributed by atoms with Crippen LogP contribution in [0.3, 0.4) is 0 Å². The molecular weight excluding hydrogens is 232 g/mol. The maximum Gasteiger partial charge on any atom is 0.180 e. The molecule has 0 aromatic rings. The van der Waals surface area contributed by atoms with Gasteiger partial charge in [0, 0.05) is 23.3 Å². The summed E-state index contributed by atoms with van der Waals surface area (Å²) in [5.74, 6) is -0.173. The standard InChI is InChI=1S/C10H15BrO2/c1-12-10(13-7-6-11)8(2-3-8)9(10)4-5-9/h2-7H2,1H3. The lowest BCUT2D eigenvalue weighted by Crippen LogP contribution is -2.23. The first-order valence-electron chi connectivity index (χ1n) is 5.04. The zero-order valence-electron chi connectivity index (χ0n) is 7.94. The molecule has 0 saturated heterocycles. The largest absolute Gasteiger partial charge is 0.352 e. The quantitative estimate of drug-likeness (QED) is 0.560. The van der Waals surface area contributed by atoms with E-state index in [1.54, 1.807) is 7.11 Å². The third-order valence-corrected chi connectivity index (χ3v) is 4.61. The predicted molar refractivity (Wildman–Crippen MR) is 52.8 cm³/mol. The van der Waals surface area contributed by atoms with Crippen LogP contribution in [-0.2, 0) is 9.47 Å². The van der Waals surface area contributed by atoms with Crippen LogP contribution in [0.15, 0.2) is 0 Å². The highest BCUT2D eigenvalue weighted by atomic mass is 79.9. The summed E-state index contributed by atoms with van der Waals surface area (Å²) in [6.07, 6.45) is 5.29. The molecule has 0 radical (unpaired) electrons. The summed E-state index contributed by atoms with van der Waals surface area (Å²) in [7, 11) is 1.81. The highest BCUT2D eigenvalue weighted by molar-refractivity contribution is 9.09. The monoisotopic (exact) mass is 246 g/mol. The van der Waals surface area contributed by atoms with Gasteiger partial charge in [-0.05, 0) is 25.7 Å². The van der Waals surface area contributed by atoms with Crippen LogP contribution in [0.25, 0.3) is 0 Å². The molecule has 0 aromatic carbocycles. The maximum absolute atomic E-state index is 5.93. The minimum atomic E-state index is -0.173. The Hall–Kier alpha value is 0.400. The number of rotatable bonds is 4. The number of ether oxygens (including phenoxy) is 2. The Bertz CT molecular complexity index is 225. The van der Waals surface area contributed by atoms with E-state index in [0.29, 0.717) is 10.8 Å². The summed E-state index contributed by atoms with van der Waals surface area (Å²) in [5, 5.41) is 0.907. The Balaban J connectivity index is 1.80. The molecule has 3 rings (SSSR count). The van der Waals surface area contributed by atoms with E-state index < -0.39 is 0 Å². The normalized spacial score (nSPS) is 41.1. The molecule has 0 N–H and O–H groups in total. The zero-order chi connectivity index (χ0) is 9.16. The Morgan fingerprint density at radius 2 is 1.69 bits per heavy atom. The van der Waals surface area contributed by atoms with Crippen molar-refractivity contribution in [2.45, 2.75) is 31.5 Å². The molecule has 3 aliphatic rings. The fourth-order valence-corrected chi connectivity index (χ4v) is 3.70. The zero-order valence-corrected chi connectivity index (χ0v) is 9.52. The molecule has 0 amide bonds. The summed E-state index contributed by atoms with van der Waals surface area (Å²) < 4.78 is 11.6. The predicted octanol–water partition coefficient (Wildman–Crippen LogP) is 2.31. The fourth-order valence-electron chi connectivity index (χ4n) is 3.54. The molecule has 74 valence electrons. The average molecular weight is 247 g/mol. The van der Waals surface area contributed by atoms with Gasteiger partial charge in [-0.3, -0.25) is 0 Å². The van der Waals surface area contributed by atoms with Gasteiger partial charge in [0.1, 0.15) is 0 Å². The van der Waals surface area contributed by atoms with Crippen LogP contribution in [0.5, 0.6) is 0 Å². The summed E-state index contributed by atoms with van der Waals surface area (Å²) in [6, 6.07) is 0. The van der Waals surface area contributed by atoms with Crippen LogP contribution in [0, 0.1) is 10.8 Å². The molecule has 13 heavy (non-hydrogen) atoms. The molecule has 0 heterocycles. The van der Waals surface area contributed by atoms with E-state index in [4.69, 9.17) is 9.47 Å². The SMILES string of the molecule is COC1(OCCBr)C2(CC2)C12CC2. The van der Waals surface area contributed by atoms with Crippen LogP contribution < -0.4 is 0 Å². The van der Waals surface area contributed by atoms with Crippen LogP contribution in [0.1, 0.15) is 25.7 Å². The van der Waals surface area contributed by atoms with Gasteiger partial charge in [-0.25, -0.2) is 0 Å². The Kier molecular flexibility index (Phi) is 1.55. The van der Waals surface area contributed by atoms with Crippen molar-refractivity contribution in [1.29, 1.82) is 0 Å². The molecule has 3 saturated carbocycles. The second-order valence-corrected chi connectivity index (χ2v) is 5.32. The lowest BCUT2D eigenvalue weighted by Gasteiger charge is -2.16. The van der Waals surface area contributed by atoms with E-state index in [0.717, 1.165) is 11.9 Å². The Labute approximate surface area is 87.1 Å². The fraction of sp³-hybridized carbons (Fsp3) is 1.00. The number of hydrogen-bond acceptors (Lipinski definition) is 2. The van der Waals surface area contributed by atoms with Gasteiger partial charge in [0.2, 0.25) is 0 Å². The molecule has 3 heteroatoms. The first-order chi connectivity index (χ1) is 6.29. The number of methoxy groups -OCH3 is 1. The van der Waals surface area contributed by atoms with Crippen molar-refractivity contribution < 1.29 is 9.47 Å². The van der Waals surface area contributed by atoms with Crippen molar-refractivity contribution in [2.24, 2.45) is 10.8 Å². The van der Waals surface area contributed by atoms with E-state index in [-0.39, 0.29) is 5.79 Å². The second kappa shape index (κ2) is 2.31. The topological polar surface area (TPSA) is 18.5 Å². The molecule has 0 aliphatic heterocycles. The third kappa shape index (κ3) is 0.712. The van der Waals surface area contributed by atoms with E-state index in [2.05, 4.69) is 15.9 Å². The van der Waals surface area contributed by atoms with Gasteiger partial charge in [0.05, 0.1) is 6.61 Å². The van der Waals surface area contributed by atoms with Crippen molar-refractivity contribution in [3.8, 4) is 0 Å². The smallest absolute Gasteiger partial charge is 0.180 e. The summed E-state index contributed by atoms with van der Waals surface area (Å²) in [5.41, 5.74) is 0.911. The lowest BCUT2D eigenvalue weighted by molar-refractivity contribution is -0.170. The van der Waals surface area contributed by atoms with Crippen molar-refractivity contribution in [1.82, 2.24) is 0 Å². The number of hydrogen-bond donors (Lipinski definition) is 0. The van der Waals surface area contributed by atoms with E-state index >= 15 is 0 Å². The van der Waals surface area contributed by atoms with E-state index in [1.807, 2.05) is 0 Å². The molecule has 2 spiro atoms. The molecule has 3 fully saturated rings. The highest BCUT2D eigenvalue weighted by Gasteiger charge is 2.98. The molecular formula is C10H15BrO2. The van der Waals surface area contributed by atoms with Crippen LogP contribution in [-0.4, -0.2) is 24.8 Å². The average Bonchev–Trinajstić information content (AvgIpc) is 3.01. The van der Waals surface area contributed by atoms with Crippen molar-refractivity contribution in [2.75, 3.05) is 19.0 Å². The summed E-state index contributed by atoms with van der Waals surface area (Å²) in [6.45, 7) is 0.775. The summed E-state index contributed by atoms with van der Waals surface area (Å²) in [4.78, 5) is 0. The number of halogens is 1. The molecule has 0 aromatic heterocycles. The van der Waals surface area contributed by atoms with Gasteiger partial charge in [-0.1, -0.05) is 15.9 Å². The first kappa shape index (κ1) is 8.69. The van der Waals surface area contributed by atoms with Gasteiger partial charge in [-0.15, -0.1) is 0 Å². The van der Waals surface area contributed by atoms with E-state index in [1.165, 1.54) is 25.7 Å². The molecule has 0 bridgehead atoms. The van der Waals surface area contributed by atoms with Crippen LogP contribution >= 0.6 is 15.9 Å². The molecule has 2 nitrogen and oxygen atoms in total. The van der Waals surface area contributed by atoms with Crippen LogP contribution in [0.2, 0.25) is 0 Å². The number of fused-ring (bicyclic) bond motifs is 1. The van der Waals surface area contributed by atoms with Gasteiger partial charge < -0.3 is 9.47 Å². The highest BCUT2D eigenvalue weighted by Crippen LogP contribution is 2.95. The lowest BCUT2D eigenvalue weighted by atomic mass is 10.3. The minimum absolute atomic E-state index is 0.173. The van der Waals surface area contributed by atoms with Gasteiger partial charge in [0.15, 0.2) is 5.79 Å². The second-order valence-electron chi connectivity index (χ2n) is 4.52. The maximum atomic E-state index is 5.93.